The second-order valence-electron chi connectivity index (χ2n) is 5.73. The van der Waals surface area contributed by atoms with Crippen LogP contribution in [-0.4, -0.2) is 20.7 Å². The van der Waals surface area contributed by atoms with Crippen molar-refractivity contribution in [1.29, 1.82) is 0 Å². The van der Waals surface area contributed by atoms with Gasteiger partial charge >= 0.3 is 6.18 Å². The Kier molecular flexibility index (Phi) is 5.37. The predicted molar refractivity (Wildman–Crippen MR) is 95.5 cm³/mol. The van der Waals surface area contributed by atoms with Crippen LogP contribution in [0.2, 0.25) is 5.02 Å². The Morgan fingerprint density at radius 1 is 1.21 bits per heavy atom. The van der Waals surface area contributed by atoms with E-state index in [1.165, 1.54) is 24.3 Å². The molecule has 5 nitrogen and oxygen atoms in total. The van der Waals surface area contributed by atoms with E-state index in [1.54, 1.807) is 19.1 Å². The van der Waals surface area contributed by atoms with E-state index in [1.807, 2.05) is 0 Å². The predicted octanol–water partition coefficient (Wildman–Crippen LogP) is 5.03. The van der Waals surface area contributed by atoms with E-state index in [2.05, 4.69) is 15.4 Å². The summed E-state index contributed by atoms with van der Waals surface area (Å²) in [6.45, 7) is 1.69. The van der Waals surface area contributed by atoms with Crippen LogP contribution in [0, 0.1) is 5.95 Å². The van der Waals surface area contributed by atoms with Crippen LogP contribution < -0.4 is 5.32 Å². The van der Waals surface area contributed by atoms with E-state index in [0.717, 1.165) is 10.7 Å². The van der Waals surface area contributed by atoms with Crippen molar-refractivity contribution in [1.82, 2.24) is 14.8 Å². The monoisotopic (exact) mass is 412 g/mol. The summed E-state index contributed by atoms with van der Waals surface area (Å²) in [7, 11) is 0. The number of benzene rings is 1. The minimum atomic E-state index is -4.65. The number of carbonyl (C=O) groups excluding carboxylic acids is 1. The minimum Gasteiger partial charge on any atom is -0.306 e. The van der Waals surface area contributed by atoms with Gasteiger partial charge < -0.3 is 5.32 Å². The molecule has 0 saturated carbocycles. The first kappa shape index (κ1) is 19.8. The van der Waals surface area contributed by atoms with Crippen LogP contribution in [0.3, 0.4) is 0 Å². The van der Waals surface area contributed by atoms with Gasteiger partial charge in [-0.2, -0.15) is 22.7 Å². The molecule has 0 atom stereocenters. The Balaban J connectivity index is 1.89. The van der Waals surface area contributed by atoms with Crippen molar-refractivity contribution in [2.45, 2.75) is 19.6 Å². The standard InChI is InChI=1S/C18H13ClF4N4O/c1-2-27-13(9-14(26-27)18(21,22)23)12-6-7-15(24-16(12)20)25-17(28)10-4-3-5-11(19)8-10/h3-9H,2H2,1H3,(H,24,25,28). The summed E-state index contributed by atoms with van der Waals surface area (Å²) in [5.74, 6) is -1.68. The first-order chi connectivity index (χ1) is 13.2. The summed E-state index contributed by atoms with van der Waals surface area (Å²) in [5, 5.41) is 6.22. The molecule has 0 aliphatic heterocycles. The molecule has 0 spiro atoms. The van der Waals surface area contributed by atoms with Crippen LogP contribution in [0.15, 0.2) is 42.5 Å². The molecule has 0 aliphatic rings. The van der Waals surface area contributed by atoms with Gasteiger partial charge in [0, 0.05) is 17.1 Å². The second kappa shape index (κ2) is 7.59. The molecule has 146 valence electrons. The van der Waals surface area contributed by atoms with Crippen molar-refractivity contribution in [2.75, 3.05) is 5.32 Å². The lowest BCUT2D eigenvalue weighted by atomic mass is 10.2. The first-order valence-electron chi connectivity index (χ1n) is 8.08. The van der Waals surface area contributed by atoms with Crippen LogP contribution in [0.1, 0.15) is 23.0 Å². The molecule has 0 fully saturated rings. The van der Waals surface area contributed by atoms with Gasteiger partial charge in [0.2, 0.25) is 5.95 Å². The number of aryl methyl sites for hydroxylation is 1. The zero-order valence-corrected chi connectivity index (χ0v) is 15.1. The van der Waals surface area contributed by atoms with Crippen molar-refractivity contribution in [3.63, 3.8) is 0 Å². The summed E-state index contributed by atoms with van der Waals surface area (Å²) in [4.78, 5) is 15.8. The molecule has 0 saturated heterocycles. The highest BCUT2D eigenvalue weighted by molar-refractivity contribution is 6.31. The molecule has 0 aliphatic carbocycles. The zero-order chi connectivity index (χ0) is 20.5. The molecule has 0 unspecified atom stereocenters. The van der Waals surface area contributed by atoms with Gasteiger partial charge in [-0.15, -0.1) is 0 Å². The number of pyridine rings is 1. The minimum absolute atomic E-state index is 0.0625. The van der Waals surface area contributed by atoms with Crippen LogP contribution in [0.25, 0.3) is 11.3 Å². The van der Waals surface area contributed by atoms with E-state index in [4.69, 9.17) is 11.6 Å². The molecule has 3 aromatic rings. The highest BCUT2D eigenvalue weighted by Gasteiger charge is 2.35. The Bertz CT molecular complexity index is 1030. The average Bonchev–Trinajstić information content (AvgIpc) is 3.06. The number of hydrogen-bond acceptors (Lipinski definition) is 3. The maximum absolute atomic E-state index is 14.5. The topological polar surface area (TPSA) is 59.8 Å². The largest absolute Gasteiger partial charge is 0.435 e. The summed E-state index contributed by atoms with van der Waals surface area (Å²) in [5.41, 5.74) is -1.10. The van der Waals surface area contributed by atoms with Crippen molar-refractivity contribution < 1.29 is 22.4 Å². The van der Waals surface area contributed by atoms with Gasteiger partial charge in [0.1, 0.15) is 5.82 Å². The van der Waals surface area contributed by atoms with Crippen LogP contribution in [0.5, 0.6) is 0 Å². The maximum Gasteiger partial charge on any atom is 0.435 e. The fourth-order valence-electron chi connectivity index (χ4n) is 2.53. The van der Waals surface area contributed by atoms with Crippen LogP contribution in [0.4, 0.5) is 23.4 Å². The lowest BCUT2D eigenvalue weighted by Crippen LogP contribution is -2.13. The molecule has 1 amide bonds. The Hall–Kier alpha value is -2.94. The average molecular weight is 413 g/mol. The third-order valence-corrected chi connectivity index (χ3v) is 4.06. The molecule has 2 heterocycles. The molecular formula is C18H13ClF4N4O. The number of alkyl halides is 3. The third kappa shape index (κ3) is 4.14. The van der Waals surface area contributed by atoms with E-state index >= 15 is 0 Å². The first-order valence-corrected chi connectivity index (χ1v) is 8.45. The highest BCUT2D eigenvalue weighted by Crippen LogP contribution is 2.32. The Labute approximate surface area is 162 Å². The number of anilines is 1. The van der Waals surface area contributed by atoms with E-state index in [-0.39, 0.29) is 29.2 Å². The van der Waals surface area contributed by atoms with Crippen molar-refractivity contribution in [3.8, 4) is 11.3 Å². The van der Waals surface area contributed by atoms with Gasteiger partial charge in [0.05, 0.1) is 11.3 Å². The SMILES string of the molecule is CCn1nc(C(F)(F)F)cc1-c1ccc(NC(=O)c2cccc(Cl)c2)nc1F. The maximum atomic E-state index is 14.5. The van der Waals surface area contributed by atoms with E-state index < -0.39 is 23.7 Å². The lowest BCUT2D eigenvalue weighted by Gasteiger charge is -2.08. The quantitative estimate of drug-likeness (QED) is 0.483. The number of rotatable bonds is 4. The van der Waals surface area contributed by atoms with Crippen LogP contribution >= 0.6 is 11.6 Å². The molecular weight excluding hydrogens is 400 g/mol. The number of nitrogens with one attached hydrogen (secondary N) is 1. The van der Waals surface area contributed by atoms with Crippen molar-refractivity contribution in [3.05, 3.63) is 64.7 Å². The smallest absolute Gasteiger partial charge is 0.306 e. The van der Waals surface area contributed by atoms with Gasteiger partial charge in [-0.1, -0.05) is 17.7 Å². The molecule has 0 radical (unpaired) electrons. The molecule has 1 N–H and O–H groups in total. The fourth-order valence-corrected chi connectivity index (χ4v) is 2.72. The number of amides is 1. The normalized spacial score (nSPS) is 11.5. The van der Waals surface area contributed by atoms with Gasteiger partial charge in [-0.05, 0) is 43.3 Å². The van der Waals surface area contributed by atoms with E-state index in [0.29, 0.717) is 5.02 Å². The summed E-state index contributed by atoms with van der Waals surface area (Å²) >= 11 is 5.82. The van der Waals surface area contributed by atoms with Crippen molar-refractivity contribution >= 4 is 23.3 Å². The number of aromatic nitrogens is 3. The molecule has 10 heteroatoms. The molecule has 28 heavy (non-hydrogen) atoms. The molecule has 1 aromatic carbocycles. The van der Waals surface area contributed by atoms with Gasteiger partial charge in [-0.3, -0.25) is 9.48 Å². The molecule has 2 aromatic heterocycles. The lowest BCUT2D eigenvalue weighted by molar-refractivity contribution is -0.141. The van der Waals surface area contributed by atoms with Crippen molar-refractivity contribution in [2.24, 2.45) is 0 Å². The van der Waals surface area contributed by atoms with Crippen LogP contribution in [-0.2, 0) is 12.7 Å². The van der Waals surface area contributed by atoms with E-state index in [9.17, 15) is 22.4 Å². The number of carbonyl (C=O) groups is 1. The molecule has 0 bridgehead atoms. The second-order valence-corrected chi connectivity index (χ2v) is 6.16. The molecule has 3 rings (SSSR count). The fraction of sp³-hybridized carbons (Fsp3) is 0.167. The van der Waals surface area contributed by atoms with Gasteiger partial charge in [0.15, 0.2) is 5.69 Å². The van der Waals surface area contributed by atoms with Gasteiger partial charge in [0.25, 0.3) is 5.91 Å². The summed E-state index contributed by atoms with van der Waals surface area (Å²) in [6, 6.07) is 9.41. The van der Waals surface area contributed by atoms with Gasteiger partial charge in [-0.25, -0.2) is 4.98 Å². The number of halogens is 5. The number of hydrogen-bond donors (Lipinski definition) is 1. The zero-order valence-electron chi connectivity index (χ0n) is 14.4. The summed E-state index contributed by atoms with van der Waals surface area (Å²) in [6.07, 6.45) is -4.65. The third-order valence-electron chi connectivity index (χ3n) is 3.82. The Morgan fingerprint density at radius 2 is 1.96 bits per heavy atom. The number of nitrogens with zero attached hydrogens (tertiary/aromatic N) is 3. The summed E-state index contributed by atoms with van der Waals surface area (Å²) < 4.78 is 54.2. The highest BCUT2D eigenvalue weighted by atomic mass is 35.5. The Morgan fingerprint density at radius 3 is 2.57 bits per heavy atom.